The zero-order valence-electron chi connectivity index (χ0n) is 23.8. The molecule has 4 aromatic rings. The molecule has 1 heterocycles. The molecule has 0 saturated heterocycles. The number of carbonyl (C=O) groups is 4. The van der Waals surface area contributed by atoms with Gasteiger partial charge in [-0.05, 0) is 41.3 Å². The molecule has 0 spiro atoms. The number of phenols is 1. The van der Waals surface area contributed by atoms with Gasteiger partial charge in [0.05, 0.1) is 12.6 Å². The van der Waals surface area contributed by atoms with E-state index >= 15 is 0 Å². The maximum absolute atomic E-state index is 13.5. The minimum absolute atomic E-state index is 0.00280. The van der Waals surface area contributed by atoms with Gasteiger partial charge in [-0.15, -0.1) is 0 Å². The summed E-state index contributed by atoms with van der Waals surface area (Å²) in [5, 5.41) is 37.4. The van der Waals surface area contributed by atoms with E-state index in [2.05, 4.69) is 20.9 Å². The zero-order chi connectivity index (χ0) is 31.6. The van der Waals surface area contributed by atoms with Crippen molar-refractivity contribution in [1.82, 2.24) is 20.9 Å². The molecule has 12 nitrogen and oxygen atoms in total. The van der Waals surface area contributed by atoms with Crippen LogP contribution in [0.2, 0.25) is 0 Å². The van der Waals surface area contributed by atoms with Gasteiger partial charge in [-0.25, -0.2) is 4.79 Å². The number of hydrogen-bond donors (Lipinski definition) is 8. The lowest BCUT2D eigenvalue weighted by molar-refractivity contribution is -0.142. The van der Waals surface area contributed by atoms with Gasteiger partial charge in [0.25, 0.3) is 0 Å². The smallest absolute Gasteiger partial charge is 0.326 e. The monoisotopic (exact) mass is 601 g/mol. The number of fused-ring (bicyclic) bond motifs is 1. The van der Waals surface area contributed by atoms with Gasteiger partial charge in [0.15, 0.2) is 0 Å². The van der Waals surface area contributed by atoms with Crippen LogP contribution in [-0.4, -0.2) is 74.8 Å². The summed E-state index contributed by atoms with van der Waals surface area (Å²) in [5.74, 6) is -3.60. The number of hydrogen-bond acceptors (Lipinski definition) is 7. The van der Waals surface area contributed by atoms with Crippen LogP contribution in [0.1, 0.15) is 16.7 Å². The second-order valence-corrected chi connectivity index (χ2v) is 10.4. The molecule has 4 unspecified atom stereocenters. The second-order valence-electron chi connectivity index (χ2n) is 10.4. The molecule has 3 amide bonds. The molecule has 12 heteroatoms. The fourth-order valence-electron chi connectivity index (χ4n) is 4.78. The summed E-state index contributed by atoms with van der Waals surface area (Å²) in [5.41, 5.74) is 9.10. The van der Waals surface area contributed by atoms with Gasteiger partial charge in [-0.1, -0.05) is 60.7 Å². The number of aliphatic carboxylic acids is 1. The Labute approximate surface area is 253 Å². The van der Waals surface area contributed by atoms with Crippen molar-refractivity contribution in [2.24, 2.45) is 5.73 Å². The molecule has 3 aromatic carbocycles. The minimum atomic E-state index is -1.51. The summed E-state index contributed by atoms with van der Waals surface area (Å²) in [6.45, 7) is -0.829. The molecule has 0 saturated carbocycles. The van der Waals surface area contributed by atoms with Crippen molar-refractivity contribution in [1.29, 1.82) is 0 Å². The number of aromatic hydroxyl groups is 1. The van der Waals surface area contributed by atoms with Gasteiger partial charge < -0.3 is 42.0 Å². The molecule has 0 fully saturated rings. The molecule has 0 aliphatic rings. The lowest BCUT2D eigenvalue weighted by atomic mass is 10.0. The average molecular weight is 602 g/mol. The minimum Gasteiger partial charge on any atom is -0.508 e. The number of aromatic nitrogens is 1. The van der Waals surface area contributed by atoms with Crippen molar-refractivity contribution in [2.75, 3.05) is 6.61 Å². The van der Waals surface area contributed by atoms with Crippen LogP contribution in [0.15, 0.2) is 85.1 Å². The maximum atomic E-state index is 13.5. The third kappa shape index (κ3) is 8.43. The van der Waals surface area contributed by atoms with Crippen molar-refractivity contribution < 1.29 is 34.5 Å². The molecule has 0 aliphatic heterocycles. The lowest BCUT2D eigenvalue weighted by Gasteiger charge is -2.24. The van der Waals surface area contributed by atoms with E-state index in [0.717, 1.165) is 22.0 Å². The molecule has 0 bridgehead atoms. The SMILES string of the molecule is NC(Cc1ccccc1)C(=O)NC(Cc1c[nH]c2ccccc12)C(=O)NC(CO)C(=O)NC(Cc1ccc(O)cc1)C(=O)O. The number of rotatable bonds is 14. The molecule has 4 rings (SSSR count). The van der Waals surface area contributed by atoms with Crippen LogP contribution in [0.5, 0.6) is 5.75 Å². The first-order valence-electron chi connectivity index (χ1n) is 14.0. The number of nitrogens with one attached hydrogen (secondary N) is 4. The topological polar surface area (TPSA) is 207 Å². The number of aromatic amines is 1. The molecular formula is C32H35N5O7. The van der Waals surface area contributed by atoms with Crippen molar-refractivity contribution in [3.05, 3.63) is 102 Å². The lowest BCUT2D eigenvalue weighted by Crippen LogP contribution is -2.58. The molecule has 0 radical (unpaired) electrons. The van der Waals surface area contributed by atoms with E-state index < -0.39 is 54.5 Å². The Balaban J connectivity index is 1.48. The predicted molar refractivity (Wildman–Crippen MR) is 162 cm³/mol. The molecule has 0 aliphatic carbocycles. The fraction of sp³-hybridized carbons (Fsp3) is 0.250. The van der Waals surface area contributed by atoms with Gasteiger partial charge in [-0.2, -0.15) is 0 Å². The summed E-state index contributed by atoms with van der Waals surface area (Å²) in [4.78, 5) is 54.7. The number of aliphatic hydroxyl groups excluding tert-OH is 1. The fourth-order valence-corrected chi connectivity index (χ4v) is 4.78. The van der Waals surface area contributed by atoms with E-state index in [-0.39, 0.29) is 25.0 Å². The third-order valence-corrected chi connectivity index (χ3v) is 7.17. The number of aliphatic hydroxyl groups is 1. The third-order valence-electron chi connectivity index (χ3n) is 7.17. The van der Waals surface area contributed by atoms with Crippen molar-refractivity contribution in [3.63, 3.8) is 0 Å². The Morgan fingerprint density at radius 2 is 1.30 bits per heavy atom. The molecule has 9 N–H and O–H groups in total. The number of benzene rings is 3. The Kier molecular flexibility index (Phi) is 10.7. The zero-order valence-corrected chi connectivity index (χ0v) is 23.8. The highest BCUT2D eigenvalue weighted by Gasteiger charge is 2.31. The van der Waals surface area contributed by atoms with Crippen molar-refractivity contribution in [3.8, 4) is 5.75 Å². The highest BCUT2D eigenvalue weighted by molar-refractivity contribution is 5.95. The first-order chi connectivity index (χ1) is 21.1. The quantitative estimate of drug-likeness (QED) is 0.103. The largest absolute Gasteiger partial charge is 0.508 e. The Morgan fingerprint density at radius 1 is 0.705 bits per heavy atom. The van der Waals surface area contributed by atoms with Gasteiger partial charge in [0.2, 0.25) is 17.7 Å². The van der Waals surface area contributed by atoms with E-state index in [1.165, 1.54) is 24.3 Å². The van der Waals surface area contributed by atoms with Gasteiger partial charge in [0.1, 0.15) is 23.9 Å². The number of para-hydroxylation sites is 1. The Morgan fingerprint density at radius 3 is 1.98 bits per heavy atom. The Hall–Kier alpha value is -5.20. The highest BCUT2D eigenvalue weighted by atomic mass is 16.4. The number of H-pyrrole nitrogens is 1. The predicted octanol–water partition coefficient (Wildman–Crippen LogP) is 0.760. The van der Waals surface area contributed by atoms with E-state index in [0.29, 0.717) is 5.56 Å². The summed E-state index contributed by atoms with van der Waals surface area (Å²) < 4.78 is 0. The summed E-state index contributed by atoms with van der Waals surface area (Å²) in [6.07, 6.45) is 1.88. The van der Waals surface area contributed by atoms with Crippen molar-refractivity contribution in [2.45, 2.75) is 43.4 Å². The van der Waals surface area contributed by atoms with Crippen LogP contribution < -0.4 is 21.7 Å². The van der Waals surface area contributed by atoms with E-state index in [1.54, 1.807) is 6.20 Å². The standard InChI is InChI=1S/C32H35N5O7/c33-24(14-19-6-2-1-3-7-19)29(40)35-26(16-21-17-34-25-9-5-4-8-23(21)25)30(41)37-28(18-38)31(42)36-27(32(43)44)15-20-10-12-22(39)13-11-20/h1-13,17,24,26-28,34,38-39H,14-16,18,33H2,(H,35,40)(H,36,42)(H,37,41)(H,43,44). The molecule has 1 aromatic heterocycles. The number of amides is 3. The number of carboxylic acids is 1. The number of nitrogens with two attached hydrogens (primary N) is 1. The maximum Gasteiger partial charge on any atom is 0.326 e. The normalized spacial score (nSPS) is 13.8. The van der Waals surface area contributed by atoms with E-state index in [9.17, 15) is 34.5 Å². The molecule has 44 heavy (non-hydrogen) atoms. The van der Waals surface area contributed by atoms with Crippen LogP contribution in [0.25, 0.3) is 10.9 Å². The number of carboxylic acid groups (broad SMARTS) is 1. The first kappa shape index (κ1) is 31.7. The highest BCUT2D eigenvalue weighted by Crippen LogP contribution is 2.19. The average Bonchev–Trinajstić information content (AvgIpc) is 3.43. The molecule has 230 valence electrons. The second kappa shape index (κ2) is 14.8. The Bertz CT molecular complexity index is 1590. The van der Waals surface area contributed by atoms with Gasteiger partial charge in [0, 0.05) is 29.9 Å². The summed E-state index contributed by atoms with van der Waals surface area (Å²) in [7, 11) is 0. The van der Waals surface area contributed by atoms with Gasteiger partial charge >= 0.3 is 5.97 Å². The summed E-state index contributed by atoms with van der Waals surface area (Å²) in [6, 6.07) is 17.4. The number of carbonyl (C=O) groups excluding carboxylic acids is 3. The van der Waals surface area contributed by atoms with Crippen molar-refractivity contribution >= 4 is 34.6 Å². The summed E-state index contributed by atoms with van der Waals surface area (Å²) >= 11 is 0. The van der Waals surface area contributed by atoms with Crippen LogP contribution in [0, 0.1) is 0 Å². The van der Waals surface area contributed by atoms with Crippen LogP contribution in [0.3, 0.4) is 0 Å². The molecule has 4 atom stereocenters. The van der Waals surface area contributed by atoms with Crippen LogP contribution in [0.4, 0.5) is 0 Å². The van der Waals surface area contributed by atoms with E-state index in [1.807, 2.05) is 54.6 Å². The van der Waals surface area contributed by atoms with E-state index in [4.69, 9.17) is 5.73 Å². The number of phenolic OH excluding ortho intramolecular Hbond substituents is 1. The molecular weight excluding hydrogens is 566 g/mol. The van der Waals surface area contributed by atoms with Crippen LogP contribution >= 0.6 is 0 Å². The van der Waals surface area contributed by atoms with Crippen LogP contribution in [-0.2, 0) is 38.4 Å². The first-order valence-corrected chi connectivity index (χ1v) is 14.0. The van der Waals surface area contributed by atoms with Gasteiger partial charge in [-0.3, -0.25) is 14.4 Å².